The summed E-state index contributed by atoms with van der Waals surface area (Å²) >= 11 is 1.53. The summed E-state index contributed by atoms with van der Waals surface area (Å²) in [5.41, 5.74) is 0.560. The molecule has 108 valence electrons. The summed E-state index contributed by atoms with van der Waals surface area (Å²) in [5, 5.41) is 18.0. The predicted octanol–water partition coefficient (Wildman–Crippen LogP) is 1.33. The van der Waals surface area contributed by atoms with E-state index in [1.165, 1.54) is 35.0 Å². The predicted molar refractivity (Wildman–Crippen MR) is 75.5 cm³/mol. The van der Waals surface area contributed by atoms with Crippen LogP contribution in [0.2, 0.25) is 0 Å². The van der Waals surface area contributed by atoms with Crippen LogP contribution in [0.25, 0.3) is 0 Å². The number of carboxylic acids is 1. The highest BCUT2D eigenvalue weighted by atomic mass is 32.2. The summed E-state index contributed by atoms with van der Waals surface area (Å²) < 4.78 is 0. The minimum Gasteiger partial charge on any atom is -0.480 e. The molecule has 1 aliphatic heterocycles. The van der Waals surface area contributed by atoms with E-state index in [4.69, 9.17) is 5.26 Å². The van der Waals surface area contributed by atoms with Crippen molar-refractivity contribution in [3.05, 3.63) is 29.6 Å². The van der Waals surface area contributed by atoms with Crippen molar-refractivity contribution in [3.63, 3.8) is 0 Å². The first kappa shape index (κ1) is 13.9. The van der Waals surface area contributed by atoms with Crippen LogP contribution >= 0.6 is 11.8 Å². The van der Waals surface area contributed by atoms with E-state index in [0.29, 0.717) is 17.2 Å². The van der Waals surface area contributed by atoms with Crippen molar-refractivity contribution in [1.29, 1.82) is 5.26 Å². The number of thioether (sulfide) groups is 1. The molecule has 1 amide bonds. The lowest BCUT2D eigenvalue weighted by molar-refractivity contribution is -0.141. The largest absolute Gasteiger partial charge is 0.480 e. The first-order chi connectivity index (χ1) is 10.1. The Kier molecular flexibility index (Phi) is 3.55. The van der Waals surface area contributed by atoms with Crippen LogP contribution in [0.15, 0.2) is 18.3 Å². The number of nitrogens with zero attached hydrogens (tertiary/aromatic N) is 3. The number of nitriles is 1. The van der Waals surface area contributed by atoms with Crippen molar-refractivity contribution in [2.75, 3.05) is 5.75 Å². The summed E-state index contributed by atoms with van der Waals surface area (Å²) in [6.45, 7) is 0. The van der Waals surface area contributed by atoms with E-state index in [2.05, 4.69) is 4.98 Å². The molecule has 0 bridgehead atoms. The second kappa shape index (κ2) is 5.37. The van der Waals surface area contributed by atoms with Gasteiger partial charge in [-0.2, -0.15) is 5.26 Å². The molecule has 0 aromatic carbocycles. The molecule has 2 fully saturated rings. The lowest BCUT2D eigenvalue weighted by Gasteiger charge is -2.27. The lowest BCUT2D eigenvalue weighted by atomic mass is 10.2. The van der Waals surface area contributed by atoms with Crippen LogP contribution in [-0.2, 0) is 4.79 Å². The Bertz CT molecular complexity index is 621. The first-order valence-corrected chi connectivity index (χ1v) is 7.70. The third-order valence-electron chi connectivity index (χ3n) is 3.69. The average Bonchev–Trinajstić information content (AvgIpc) is 3.24. The number of carbonyl (C=O) groups is 2. The smallest absolute Gasteiger partial charge is 0.327 e. The van der Waals surface area contributed by atoms with Gasteiger partial charge in [0.1, 0.15) is 17.8 Å². The number of hydrogen-bond acceptors (Lipinski definition) is 5. The van der Waals surface area contributed by atoms with Crippen LogP contribution in [-0.4, -0.2) is 44.0 Å². The SMILES string of the molecule is N#Cc1ccc(C(=O)N2C(C(=O)O)CSC2C2CC2)nc1. The van der Waals surface area contributed by atoms with E-state index in [9.17, 15) is 14.7 Å². The van der Waals surface area contributed by atoms with Crippen molar-refractivity contribution >= 4 is 23.6 Å². The van der Waals surface area contributed by atoms with Crippen molar-refractivity contribution < 1.29 is 14.7 Å². The zero-order valence-corrected chi connectivity index (χ0v) is 11.9. The molecule has 2 unspecified atom stereocenters. The van der Waals surface area contributed by atoms with Gasteiger partial charge in [0.05, 0.1) is 10.9 Å². The van der Waals surface area contributed by atoms with Crippen molar-refractivity contribution in [2.24, 2.45) is 5.92 Å². The lowest BCUT2D eigenvalue weighted by Crippen LogP contribution is -2.46. The molecule has 1 saturated heterocycles. The highest BCUT2D eigenvalue weighted by molar-refractivity contribution is 8.00. The fourth-order valence-corrected chi connectivity index (χ4v) is 4.07. The Hall–Kier alpha value is -2.07. The monoisotopic (exact) mass is 303 g/mol. The fraction of sp³-hybridized carbons (Fsp3) is 0.429. The van der Waals surface area contributed by atoms with Gasteiger partial charge in [0.2, 0.25) is 0 Å². The maximum Gasteiger partial charge on any atom is 0.327 e. The number of aromatic nitrogens is 1. The van der Waals surface area contributed by atoms with Gasteiger partial charge in [0.15, 0.2) is 0 Å². The van der Waals surface area contributed by atoms with Gasteiger partial charge in [-0.1, -0.05) is 0 Å². The maximum atomic E-state index is 12.6. The van der Waals surface area contributed by atoms with Crippen LogP contribution in [0.3, 0.4) is 0 Å². The second-order valence-electron chi connectivity index (χ2n) is 5.17. The zero-order valence-electron chi connectivity index (χ0n) is 11.1. The summed E-state index contributed by atoms with van der Waals surface area (Å²) in [6.07, 6.45) is 3.40. The Morgan fingerprint density at radius 3 is 2.71 bits per heavy atom. The molecule has 0 spiro atoms. The fourth-order valence-electron chi connectivity index (χ4n) is 2.44. The molecule has 1 saturated carbocycles. The van der Waals surface area contributed by atoms with Gasteiger partial charge >= 0.3 is 5.97 Å². The number of rotatable bonds is 3. The number of pyridine rings is 1. The molecule has 7 heteroatoms. The van der Waals surface area contributed by atoms with Gasteiger partial charge < -0.3 is 10.0 Å². The van der Waals surface area contributed by atoms with Crippen LogP contribution in [0.1, 0.15) is 28.9 Å². The molecule has 3 rings (SSSR count). The molecule has 21 heavy (non-hydrogen) atoms. The maximum absolute atomic E-state index is 12.6. The number of amides is 1. The van der Waals surface area contributed by atoms with Crippen LogP contribution < -0.4 is 0 Å². The van der Waals surface area contributed by atoms with E-state index >= 15 is 0 Å². The third-order valence-corrected chi connectivity index (χ3v) is 5.15. The van der Waals surface area contributed by atoms with E-state index in [1.807, 2.05) is 6.07 Å². The number of carbonyl (C=O) groups excluding carboxylic acids is 1. The Balaban J connectivity index is 1.88. The molecule has 6 nitrogen and oxygen atoms in total. The topological polar surface area (TPSA) is 94.3 Å². The number of aliphatic carboxylic acids is 1. The molecule has 1 N–H and O–H groups in total. The van der Waals surface area contributed by atoms with Gasteiger partial charge in [0, 0.05) is 11.9 Å². The second-order valence-corrected chi connectivity index (χ2v) is 6.32. The van der Waals surface area contributed by atoms with Crippen LogP contribution in [0.4, 0.5) is 0 Å². The van der Waals surface area contributed by atoms with E-state index in [-0.39, 0.29) is 17.0 Å². The highest BCUT2D eigenvalue weighted by Gasteiger charge is 2.48. The van der Waals surface area contributed by atoms with Gasteiger partial charge in [0.25, 0.3) is 5.91 Å². The van der Waals surface area contributed by atoms with Gasteiger partial charge in [-0.15, -0.1) is 11.8 Å². The number of carboxylic acid groups (broad SMARTS) is 1. The summed E-state index contributed by atoms with van der Waals surface area (Å²) in [4.78, 5) is 29.4. The zero-order chi connectivity index (χ0) is 15.0. The Morgan fingerprint density at radius 2 is 2.19 bits per heavy atom. The minimum absolute atomic E-state index is 0.0731. The van der Waals surface area contributed by atoms with Crippen molar-refractivity contribution in [1.82, 2.24) is 9.88 Å². The Labute approximate surface area is 125 Å². The molecule has 0 radical (unpaired) electrons. The van der Waals surface area contributed by atoms with E-state index < -0.39 is 12.0 Å². The highest BCUT2D eigenvalue weighted by Crippen LogP contribution is 2.45. The van der Waals surface area contributed by atoms with E-state index in [1.54, 1.807) is 0 Å². The third kappa shape index (κ3) is 2.59. The standard InChI is InChI=1S/C14H13N3O3S/c15-5-8-1-4-10(16-6-8)12(18)17-11(14(19)20)7-21-13(17)9-2-3-9/h1,4,6,9,11,13H,2-3,7H2,(H,19,20). The quantitative estimate of drug-likeness (QED) is 0.905. The molecule has 2 aliphatic rings. The van der Waals surface area contributed by atoms with Crippen LogP contribution in [0, 0.1) is 17.2 Å². The van der Waals surface area contributed by atoms with Gasteiger partial charge in [-0.3, -0.25) is 4.79 Å². The molecule has 1 aromatic heterocycles. The molecular weight excluding hydrogens is 290 g/mol. The van der Waals surface area contributed by atoms with Crippen molar-refractivity contribution in [2.45, 2.75) is 24.3 Å². The van der Waals surface area contributed by atoms with Crippen LogP contribution in [0.5, 0.6) is 0 Å². The van der Waals surface area contributed by atoms with Gasteiger partial charge in [-0.25, -0.2) is 9.78 Å². The molecule has 1 aliphatic carbocycles. The van der Waals surface area contributed by atoms with Gasteiger partial charge in [-0.05, 0) is 30.9 Å². The molecule has 1 aromatic rings. The van der Waals surface area contributed by atoms with E-state index in [0.717, 1.165) is 12.8 Å². The summed E-state index contributed by atoms with van der Waals surface area (Å²) in [5.74, 6) is -0.540. The number of hydrogen-bond donors (Lipinski definition) is 1. The minimum atomic E-state index is -0.979. The summed E-state index contributed by atoms with van der Waals surface area (Å²) in [6, 6.07) is 4.14. The first-order valence-electron chi connectivity index (χ1n) is 6.65. The molecule has 2 heterocycles. The summed E-state index contributed by atoms with van der Waals surface area (Å²) in [7, 11) is 0. The molecular formula is C14H13N3O3S. The average molecular weight is 303 g/mol. The molecule has 2 atom stereocenters. The Morgan fingerprint density at radius 1 is 1.43 bits per heavy atom. The van der Waals surface area contributed by atoms with Crippen molar-refractivity contribution in [3.8, 4) is 6.07 Å². The normalized spacial score (nSPS) is 24.6.